The molecule has 1 aliphatic heterocycles. The number of nitrogens with zero attached hydrogens (tertiary/aromatic N) is 2. The summed E-state index contributed by atoms with van der Waals surface area (Å²) in [4.78, 5) is 34.9. The van der Waals surface area contributed by atoms with Gasteiger partial charge in [-0.1, -0.05) is 12.1 Å². The number of H-pyrrole nitrogens is 1. The lowest BCUT2D eigenvalue weighted by Crippen LogP contribution is -2.50. The number of benzene rings is 2. The molecule has 3 aromatic rings. The fourth-order valence-corrected chi connectivity index (χ4v) is 4.22. The van der Waals surface area contributed by atoms with Gasteiger partial charge >= 0.3 is 0 Å². The third-order valence-electron chi connectivity index (χ3n) is 5.91. The molecule has 0 fully saturated rings. The van der Waals surface area contributed by atoms with Crippen molar-refractivity contribution in [2.75, 3.05) is 25.7 Å². The number of para-hydroxylation sites is 2. The maximum atomic E-state index is 13.9. The molecule has 2 heterocycles. The molecule has 0 spiro atoms. The molecule has 2 aromatic carbocycles. The molecule has 4 rings (SSSR count). The van der Waals surface area contributed by atoms with E-state index < -0.39 is 5.54 Å². The molecule has 1 amide bonds. The number of anilines is 1. The quantitative estimate of drug-likeness (QED) is 0.507. The molecule has 0 saturated heterocycles. The first-order valence-electron chi connectivity index (χ1n) is 10.6. The molecular formula is C24H27N5O4. The van der Waals surface area contributed by atoms with Gasteiger partial charge in [-0.3, -0.25) is 9.59 Å². The second-order valence-electron chi connectivity index (χ2n) is 8.11. The van der Waals surface area contributed by atoms with Crippen LogP contribution in [0.5, 0.6) is 11.5 Å². The number of ketones is 1. The Bertz CT molecular complexity index is 1210. The largest absolute Gasteiger partial charge is 0.497 e. The van der Waals surface area contributed by atoms with Gasteiger partial charge in [-0.05, 0) is 25.5 Å². The van der Waals surface area contributed by atoms with Crippen LogP contribution in [-0.4, -0.2) is 48.0 Å². The van der Waals surface area contributed by atoms with Crippen molar-refractivity contribution in [3.05, 3.63) is 54.1 Å². The topological polar surface area (TPSA) is 123 Å². The highest BCUT2D eigenvalue weighted by Crippen LogP contribution is 2.43. The van der Waals surface area contributed by atoms with Crippen LogP contribution in [-0.2, 0) is 9.59 Å². The molecule has 1 aliphatic rings. The molecule has 0 radical (unpaired) electrons. The Morgan fingerprint density at radius 1 is 1.18 bits per heavy atom. The average molecular weight is 450 g/mol. The van der Waals surface area contributed by atoms with Gasteiger partial charge in [-0.2, -0.15) is 0 Å². The van der Waals surface area contributed by atoms with Crippen LogP contribution in [0.4, 0.5) is 5.69 Å². The zero-order valence-electron chi connectivity index (χ0n) is 19.1. The van der Waals surface area contributed by atoms with E-state index >= 15 is 0 Å². The summed E-state index contributed by atoms with van der Waals surface area (Å²) in [6.07, 6.45) is 0.329. The van der Waals surface area contributed by atoms with Gasteiger partial charge in [0.15, 0.2) is 5.78 Å². The van der Waals surface area contributed by atoms with Gasteiger partial charge < -0.3 is 30.4 Å². The zero-order chi connectivity index (χ0) is 23.8. The number of Topliss-reactive ketones (excluding diaryl/α,β-unsaturated/α-hetero) is 1. The van der Waals surface area contributed by atoms with E-state index in [1.807, 2.05) is 31.2 Å². The molecule has 0 aliphatic carbocycles. The second kappa shape index (κ2) is 8.50. The van der Waals surface area contributed by atoms with Crippen LogP contribution < -0.4 is 25.4 Å². The number of ether oxygens (including phenoxy) is 2. The van der Waals surface area contributed by atoms with E-state index in [0.717, 1.165) is 11.0 Å². The minimum absolute atomic E-state index is 0.169. The van der Waals surface area contributed by atoms with Crippen molar-refractivity contribution < 1.29 is 19.1 Å². The van der Waals surface area contributed by atoms with Crippen LogP contribution in [0.25, 0.3) is 16.6 Å². The lowest BCUT2D eigenvalue weighted by atomic mass is 9.89. The second-order valence-corrected chi connectivity index (χ2v) is 8.11. The van der Waals surface area contributed by atoms with Crippen molar-refractivity contribution in [1.82, 2.24) is 15.3 Å². The molecule has 4 N–H and O–H groups in total. The summed E-state index contributed by atoms with van der Waals surface area (Å²) >= 11 is 0. The highest BCUT2D eigenvalue weighted by molar-refractivity contribution is 6.29. The molecule has 0 bridgehead atoms. The van der Waals surface area contributed by atoms with E-state index in [2.05, 4.69) is 15.3 Å². The number of imidazole rings is 1. The molecular weight excluding hydrogens is 422 g/mol. The average Bonchev–Trinajstić information content (AvgIpc) is 3.29. The highest BCUT2D eigenvalue weighted by atomic mass is 16.5. The summed E-state index contributed by atoms with van der Waals surface area (Å²) in [5.74, 6) is 1.43. The number of aromatic amines is 1. The van der Waals surface area contributed by atoms with E-state index in [0.29, 0.717) is 41.5 Å². The van der Waals surface area contributed by atoms with Gasteiger partial charge in [0.1, 0.15) is 34.3 Å². The summed E-state index contributed by atoms with van der Waals surface area (Å²) in [6, 6.07) is 12.9. The Hall–Kier alpha value is -4.01. The first-order valence-corrected chi connectivity index (χ1v) is 10.6. The highest BCUT2D eigenvalue weighted by Gasteiger charge is 2.50. The molecule has 172 valence electrons. The number of carbonyl (C=O) groups is 2. The van der Waals surface area contributed by atoms with Gasteiger partial charge in [-0.15, -0.1) is 0 Å². The third kappa shape index (κ3) is 3.86. The van der Waals surface area contributed by atoms with Gasteiger partial charge in [-0.25, -0.2) is 4.98 Å². The van der Waals surface area contributed by atoms with E-state index in [9.17, 15) is 9.59 Å². The lowest BCUT2D eigenvalue weighted by molar-refractivity contribution is -0.120. The van der Waals surface area contributed by atoms with Crippen molar-refractivity contribution in [1.29, 1.82) is 0 Å². The minimum Gasteiger partial charge on any atom is -0.497 e. The smallest absolute Gasteiger partial charge is 0.216 e. The van der Waals surface area contributed by atoms with E-state index in [1.165, 1.54) is 6.92 Å². The Kier molecular flexibility index (Phi) is 5.71. The number of hydrogen-bond donors (Lipinski definition) is 3. The molecule has 0 saturated carbocycles. The number of nitrogens with one attached hydrogen (secondary N) is 2. The summed E-state index contributed by atoms with van der Waals surface area (Å²) < 4.78 is 10.9. The number of hydrogen-bond acceptors (Lipinski definition) is 7. The van der Waals surface area contributed by atoms with Gasteiger partial charge in [0.25, 0.3) is 0 Å². The Morgan fingerprint density at radius 3 is 2.45 bits per heavy atom. The zero-order valence-corrected chi connectivity index (χ0v) is 19.1. The lowest BCUT2D eigenvalue weighted by Gasteiger charge is -2.36. The number of nitrogens with two attached hydrogens (primary N) is 1. The van der Waals surface area contributed by atoms with Crippen molar-refractivity contribution >= 4 is 34.0 Å². The van der Waals surface area contributed by atoms with E-state index in [1.54, 1.807) is 37.3 Å². The molecule has 9 heteroatoms. The number of fused-ring (bicyclic) bond motifs is 1. The van der Waals surface area contributed by atoms with Crippen molar-refractivity contribution in [3.63, 3.8) is 0 Å². The monoisotopic (exact) mass is 449 g/mol. The number of rotatable bonds is 7. The number of amides is 1. The minimum atomic E-state index is -1.07. The van der Waals surface area contributed by atoms with Crippen molar-refractivity contribution in [2.24, 2.45) is 5.73 Å². The molecule has 33 heavy (non-hydrogen) atoms. The number of aromatic nitrogens is 2. The van der Waals surface area contributed by atoms with Gasteiger partial charge in [0, 0.05) is 31.7 Å². The Labute approximate surface area is 191 Å². The maximum absolute atomic E-state index is 13.9. The van der Waals surface area contributed by atoms with Crippen LogP contribution in [0.3, 0.4) is 0 Å². The molecule has 1 atom stereocenters. The Morgan fingerprint density at radius 2 is 1.85 bits per heavy atom. The number of methoxy groups -OCH3 is 2. The van der Waals surface area contributed by atoms with Crippen LogP contribution in [0, 0.1) is 0 Å². The predicted octanol–water partition coefficient (Wildman–Crippen LogP) is 2.58. The molecule has 9 nitrogen and oxygen atoms in total. The fraction of sp³-hybridized carbons (Fsp3) is 0.292. The standard InChI is InChI=1S/C24H27N5O4/c1-14(30)26-10-9-24(2)21(31)20(23-27-18-7-5-6-8-19(18)28-23)22(25)29(24)15-11-16(32-3)13-17(12-15)33-4/h5-8,11-13H,9-10,25H2,1-4H3,(H,26,30)(H,27,28)/t24-/m0/s1. The summed E-state index contributed by atoms with van der Waals surface area (Å²) in [6.45, 7) is 3.55. The van der Waals surface area contributed by atoms with Crippen molar-refractivity contribution in [2.45, 2.75) is 25.8 Å². The molecule has 0 unspecified atom stereocenters. The first-order chi connectivity index (χ1) is 15.8. The van der Waals surface area contributed by atoms with Crippen molar-refractivity contribution in [3.8, 4) is 11.5 Å². The first kappa shape index (κ1) is 22.2. The predicted molar refractivity (Wildman–Crippen MR) is 126 cm³/mol. The van der Waals surface area contributed by atoms with E-state index in [-0.39, 0.29) is 17.5 Å². The fourth-order valence-electron chi connectivity index (χ4n) is 4.22. The van der Waals surface area contributed by atoms with Gasteiger partial charge in [0.2, 0.25) is 5.91 Å². The summed E-state index contributed by atoms with van der Waals surface area (Å²) in [5, 5.41) is 2.78. The summed E-state index contributed by atoms with van der Waals surface area (Å²) in [5.41, 5.74) is 8.06. The van der Waals surface area contributed by atoms with Crippen LogP contribution >= 0.6 is 0 Å². The SMILES string of the molecule is COc1cc(OC)cc(N2C(N)=C(c3nc4ccccc4[nH]3)C(=O)[C@]2(C)CCNC(C)=O)c1. The third-order valence-corrected chi connectivity index (χ3v) is 5.91. The maximum Gasteiger partial charge on any atom is 0.216 e. The summed E-state index contributed by atoms with van der Waals surface area (Å²) in [7, 11) is 3.12. The van der Waals surface area contributed by atoms with Crippen LogP contribution in [0.1, 0.15) is 26.1 Å². The molecule has 1 aromatic heterocycles. The number of carbonyl (C=O) groups excluding carboxylic acids is 2. The van der Waals surface area contributed by atoms with Crippen LogP contribution in [0.15, 0.2) is 48.3 Å². The normalized spacial score (nSPS) is 18.2. The van der Waals surface area contributed by atoms with Crippen LogP contribution in [0.2, 0.25) is 0 Å². The van der Waals surface area contributed by atoms with E-state index in [4.69, 9.17) is 15.2 Å². The Balaban J connectivity index is 1.86. The van der Waals surface area contributed by atoms with Gasteiger partial charge in [0.05, 0.1) is 30.9 Å².